The highest BCUT2D eigenvalue weighted by Crippen LogP contribution is 2.38. The first-order valence-electron chi connectivity index (χ1n) is 9.68. The number of imide groups is 1. The fourth-order valence-electron chi connectivity index (χ4n) is 4.41. The number of cyclic esters (lactones) is 1. The van der Waals surface area contributed by atoms with Gasteiger partial charge in [-0.05, 0) is 44.2 Å². The number of ether oxygens (including phenoxy) is 1. The quantitative estimate of drug-likeness (QED) is 0.832. The maximum absolute atomic E-state index is 12.2. The van der Waals surface area contributed by atoms with Crippen LogP contribution in [0.15, 0.2) is 24.4 Å². The van der Waals surface area contributed by atoms with Crippen LogP contribution in [-0.4, -0.2) is 70.3 Å². The molecule has 1 aromatic rings. The molecule has 8 nitrogen and oxygen atoms in total. The van der Waals surface area contributed by atoms with Gasteiger partial charge in [0.15, 0.2) is 0 Å². The van der Waals surface area contributed by atoms with Crippen molar-refractivity contribution in [2.45, 2.75) is 49.8 Å². The number of rotatable bonds is 3. The van der Waals surface area contributed by atoms with E-state index in [4.69, 9.17) is 4.74 Å². The summed E-state index contributed by atoms with van der Waals surface area (Å²) in [6, 6.07) is 5.76. The van der Waals surface area contributed by atoms with E-state index in [0.717, 1.165) is 42.9 Å². The Morgan fingerprint density at radius 3 is 2.74 bits per heavy atom. The zero-order chi connectivity index (χ0) is 18.9. The van der Waals surface area contributed by atoms with Crippen LogP contribution in [0.25, 0.3) is 0 Å². The number of likely N-dealkylation sites (tertiary alicyclic amines) is 1. The molecule has 0 bridgehead atoms. The minimum absolute atomic E-state index is 0.0440. The van der Waals surface area contributed by atoms with E-state index in [-0.39, 0.29) is 18.7 Å². The van der Waals surface area contributed by atoms with Crippen molar-refractivity contribution in [2.75, 3.05) is 26.2 Å². The highest BCUT2D eigenvalue weighted by Gasteiger charge is 2.39. The Bertz CT molecular complexity index is 690. The van der Waals surface area contributed by atoms with Crippen molar-refractivity contribution < 1.29 is 19.4 Å². The molecule has 1 saturated carbocycles. The minimum Gasteiger partial charge on any atom is -0.447 e. The molecule has 3 amide bonds. The molecule has 4 rings (SSSR count). The van der Waals surface area contributed by atoms with E-state index < -0.39 is 11.7 Å². The van der Waals surface area contributed by atoms with Crippen LogP contribution in [0.5, 0.6) is 0 Å². The molecule has 1 unspecified atom stereocenters. The SMILES string of the molecule is O=C(NC1CCN(C2CCC(O)(c3ccccn3)CC2)C1)N1CCOC1=O. The molecule has 0 aromatic carbocycles. The van der Waals surface area contributed by atoms with Crippen molar-refractivity contribution in [3.63, 3.8) is 0 Å². The lowest BCUT2D eigenvalue weighted by Crippen LogP contribution is -2.47. The van der Waals surface area contributed by atoms with Gasteiger partial charge in [-0.25, -0.2) is 14.5 Å². The van der Waals surface area contributed by atoms with Crippen molar-refractivity contribution >= 4 is 12.1 Å². The molecular weight excluding hydrogens is 348 g/mol. The van der Waals surface area contributed by atoms with Crippen molar-refractivity contribution in [1.29, 1.82) is 0 Å². The van der Waals surface area contributed by atoms with Gasteiger partial charge in [0.2, 0.25) is 0 Å². The molecule has 1 atom stereocenters. The van der Waals surface area contributed by atoms with E-state index in [1.807, 2.05) is 18.2 Å². The van der Waals surface area contributed by atoms with Crippen molar-refractivity contribution in [3.05, 3.63) is 30.1 Å². The number of carbonyl (C=O) groups is 2. The van der Waals surface area contributed by atoms with E-state index >= 15 is 0 Å². The number of amides is 3. The van der Waals surface area contributed by atoms with Gasteiger partial charge in [-0.15, -0.1) is 0 Å². The summed E-state index contributed by atoms with van der Waals surface area (Å²) < 4.78 is 4.81. The van der Waals surface area contributed by atoms with Crippen molar-refractivity contribution in [2.24, 2.45) is 0 Å². The third-order valence-electron chi connectivity index (χ3n) is 5.99. The second-order valence-electron chi connectivity index (χ2n) is 7.67. The smallest absolute Gasteiger partial charge is 0.418 e. The van der Waals surface area contributed by atoms with Crippen molar-refractivity contribution in [1.82, 2.24) is 20.1 Å². The molecule has 0 radical (unpaired) electrons. The van der Waals surface area contributed by atoms with E-state index in [1.165, 1.54) is 0 Å². The third-order valence-corrected chi connectivity index (χ3v) is 5.99. The Kier molecular flexibility index (Phi) is 5.01. The zero-order valence-electron chi connectivity index (χ0n) is 15.3. The molecule has 27 heavy (non-hydrogen) atoms. The van der Waals surface area contributed by atoms with Crippen LogP contribution in [0.4, 0.5) is 9.59 Å². The summed E-state index contributed by atoms with van der Waals surface area (Å²) in [5.41, 5.74) is -0.0752. The molecule has 3 aliphatic rings. The summed E-state index contributed by atoms with van der Waals surface area (Å²) in [4.78, 5) is 31.5. The zero-order valence-corrected chi connectivity index (χ0v) is 15.3. The Labute approximate surface area is 158 Å². The minimum atomic E-state index is -0.832. The molecule has 1 aliphatic carbocycles. The molecule has 2 aliphatic heterocycles. The summed E-state index contributed by atoms with van der Waals surface area (Å²) >= 11 is 0. The number of urea groups is 1. The number of nitrogens with one attached hydrogen (secondary N) is 1. The lowest BCUT2D eigenvalue weighted by molar-refractivity contribution is -0.0257. The Balaban J connectivity index is 1.28. The summed E-state index contributed by atoms with van der Waals surface area (Å²) in [7, 11) is 0. The fraction of sp³-hybridized carbons (Fsp3) is 0.632. The average molecular weight is 374 g/mol. The molecule has 146 valence electrons. The molecule has 8 heteroatoms. The maximum Gasteiger partial charge on any atom is 0.418 e. The molecular formula is C19H26N4O4. The van der Waals surface area contributed by atoms with Crippen LogP contribution in [-0.2, 0) is 10.3 Å². The van der Waals surface area contributed by atoms with Crippen LogP contribution in [0.2, 0.25) is 0 Å². The van der Waals surface area contributed by atoms with Gasteiger partial charge in [-0.2, -0.15) is 0 Å². The molecule has 3 heterocycles. The monoisotopic (exact) mass is 374 g/mol. The third kappa shape index (κ3) is 3.77. The van der Waals surface area contributed by atoms with Crippen LogP contribution >= 0.6 is 0 Å². The number of aromatic nitrogens is 1. The van der Waals surface area contributed by atoms with Crippen LogP contribution in [0, 0.1) is 0 Å². The highest BCUT2D eigenvalue weighted by atomic mass is 16.6. The standard InChI is InChI=1S/C19H26N4O4/c24-17(23-11-12-27-18(23)25)21-14-6-10-22(13-14)15-4-7-19(26,8-5-15)16-3-1-2-9-20-16/h1-3,9,14-15,26H,4-8,10-13H2,(H,21,24). The number of hydrogen-bond donors (Lipinski definition) is 2. The molecule has 3 fully saturated rings. The lowest BCUT2D eigenvalue weighted by atomic mass is 9.79. The first-order chi connectivity index (χ1) is 13.0. The number of carbonyl (C=O) groups excluding carboxylic acids is 2. The van der Waals surface area contributed by atoms with Gasteiger partial charge in [-0.1, -0.05) is 6.07 Å². The first kappa shape index (κ1) is 18.2. The second-order valence-corrected chi connectivity index (χ2v) is 7.67. The van der Waals surface area contributed by atoms with Gasteiger partial charge in [0.1, 0.15) is 12.2 Å². The van der Waals surface area contributed by atoms with Gasteiger partial charge < -0.3 is 15.2 Å². The van der Waals surface area contributed by atoms with Crippen molar-refractivity contribution in [3.8, 4) is 0 Å². The maximum atomic E-state index is 12.2. The summed E-state index contributed by atoms with van der Waals surface area (Å²) in [5, 5.41) is 13.9. The van der Waals surface area contributed by atoms with Gasteiger partial charge in [0.25, 0.3) is 0 Å². The second kappa shape index (κ2) is 7.44. The predicted octanol–water partition coefficient (Wildman–Crippen LogP) is 1.45. The molecule has 2 saturated heterocycles. The predicted molar refractivity (Wildman–Crippen MR) is 97.0 cm³/mol. The fourth-order valence-corrected chi connectivity index (χ4v) is 4.41. The van der Waals surface area contributed by atoms with E-state index in [2.05, 4.69) is 15.2 Å². The number of nitrogens with zero attached hydrogens (tertiary/aromatic N) is 3. The van der Waals surface area contributed by atoms with E-state index in [0.29, 0.717) is 25.4 Å². The van der Waals surface area contributed by atoms with Gasteiger partial charge in [0.05, 0.1) is 12.2 Å². The van der Waals surface area contributed by atoms with Crippen LogP contribution in [0.3, 0.4) is 0 Å². The molecule has 0 spiro atoms. The Morgan fingerprint density at radius 1 is 1.26 bits per heavy atom. The summed E-state index contributed by atoms with van der Waals surface area (Å²) in [5.74, 6) is 0. The lowest BCUT2D eigenvalue weighted by Gasteiger charge is -2.39. The van der Waals surface area contributed by atoms with Gasteiger partial charge >= 0.3 is 12.1 Å². The summed E-state index contributed by atoms with van der Waals surface area (Å²) in [6.07, 6.45) is 5.24. The van der Waals surface area contributed by atoms with Gasteiger partial charge in [0, 0.05) is 31.4 Å². The largest absolute Gasteiger partial charge is 0.447 e. The van der Waals surface area contributed by atoms with Gasteiger partial charge in [-0.3, -0.25) is 9.88 Å². The number of pyridine rings is 1. The Morgan fingerprint density at radius 2 is 2.07 bits per heavy atom. The topological polar surface area (TPSA) is 95.0 Å². The highest BCUT2D eigenvalue weighted by molar-refractivity contribution is 5.92. The van der Waals surface area contributed by atoms with Crippen LogP contribution in [0.1, 0.15) is 37.8 Å². The van der Waals surface area contributed by atoms with E-state index in [9.17, 15) is 14.7 Å². The first-order valence-corrected chi connectivity index (χ1v) is 9.68. The Hall–Kier alpha value is -2.19. The normalized spacial score (nSPS) is 31.7. The number of hydrogen-bond acceptors (Lipinski definition) is 6. The van der Waals surface area contributed by atoms with E-state index in [1.54, 1.807) is 6.20 Å². The molecule has 2 N–H and O–H groups in total. The van der Waals surface area contributed by atoms with Crippen LogP contribution < -0.4 is 5.32 Å². The summed E-state index contributed by atoms with van der Waals surface area (Å²) in [6.45, 7) is 2.28. The number of aliphatic hydroxyl groups is 1. The molecule has 1 aromatic heterocycles. The average Bonchev–Trinajstić information content (AvgIpc) is 3.32.